The van der Waals surface area contributed by atoms with Crippen molar-refractivity contribution in [2.45, 2.75) is 79.1 Å². The molecule has 0 atom stereocenters. The van der Waals surface area contributed by atoms with Gasteiger partial charge in [0.2, 0.25) is 0 Å². The summed E-state index contributed by atoms with van der Waals surface area (Å²) in [5.41, 5.74) is 8.56. The van der Waals surface area contributed by atoms with Crippen LogP contribution in [0.2, 0.25) is 0 Å². The van der Waals surface area contributed by atoms with Crippen molar-refractivity contribution in [3.63, 3.8) is 0 Å². The first kappa shape index (κ1) is 33.4. The number of hydrogen-bond acceptors (Lipinski definition) is 5. The Balaban J connectivity index is 1.60. The van der Waals surface area contributed by atoms with Crippen LogP contribution in [-0.4, -0.2) is 25.2 Å². The Labute approximate surface area is 258 Å². The van der Waals surface area contributed by atoms with Gasteiger partial charge in [0.1, 0.15) is 0 Å². The third kappa shape index (κ3) is 11.6. The lowest BCUT2D eigenvalue weighted by Gasteiger charge is -2.26. The van der Waals surface area contributed by atoms with Gasteiger partial charge in [-0.2, -0.15) is 0 Å². The SMILES string of the molecule is C/C=C/C(=O)OCCCCCc1ccc(N(c2ccc(CCCCCOC(=O)/C=C/C)cc2)c2ccc(C)c(C)c2)cc1. The second-order valence-electron chi connectivity index (χ2n) is 10.9. The molecular formula is C38H47NO4. The number of rotatable bonds is 17. The van der Waals surface area contributed by atoms with Gasteiger partial charge in [-0.05, 0) is 138 Å². The van der Waals surface area contributed by atoms with Crippen LogP contribution in [0.3, 0.4) is 0 Å². The highest BCUT2D eigenvalue weighted by Gasteiger charge is 2.13. The quantitative estimate of drug-likeness (QED) is 0.0903. The van der Waals surface area contributed by atoms with E-state index in [-0.39, 0.29) is 11.9 Å². The van der Waals surface area contributed by atoms with Crippen molar-refractivity contribution in [2.24, 2.45) is 0 Å². The third-order valence-electron chi connectivity index (χ3n) is 7.45. The molecule has 3 rings (SSSR count). The first-order valence-electron chi connectivity index (χ1n) is 15.6. The highest BCUT2D eigenvalue weighted by atomic mass is 16.5. The van der Waals surface area contributed by atoms with Gasteiger partial charge < -0.3 is 14.4 Å². The normalized spacial score (nSPS) is 11.3. The molecule has 0 unspecified atom stereocenters. The highest BCUT2D eigenvalue weighted by Crippen LogP contribution is 2.35. The number of hydrogen-bond donors (Lipinski definition) is 0. The molecule has 0 bridgehead atoms. The predicted octanol–water partition coefficient (Wildman–Crippen LogP) is 9.44. The molecule has 0 saturated heterocycles. The highest BCUT2D eigenvalue weighted by molar-refractivity contribution is 5.82. The number of allylic oxidation sites excluding steroid dienone is 2. The van der Waals surface area contributed by atoms with Crippen LogP contribution in [0.1, 0.15) is 74.6 Å². The van der Waals surface area contributed by atoms with Gasteiger partial charge >= 0.3 is 11.9 Å². The summed E-state index contributed by atoms with van der Waals surface area (Å²) in [6.45, 7) is 8.87. The lowest BCUT2D eigenvalue weighted by Crippen LogP contribution is -2.10. The summed E-state index contributed by atoms with van der Waals surface area (Å²) in [5.74, 6) is -0.532. The minimum absolute atomic E-state index is 0.266. The molecule has 43 heavy (non-hydrogen) atoms. The molecule has 0 aliphatic carbocycles. The van der Waals surface area contributed by atoms with E-state index in [9.17, 15) is 9.59 Å². The summed E-state index contributed by atoms with van der Waals surface area (Å²) in [5, 5.41) is 0. The molecule has 0 radical (unpaired) electrons. The Kier molecular flexibility index (Phi) is 14.3. The number of benzene rings is 3. The van der Waals surface area contributed by atoms with E-state index in [2.05, 4.69) is 85.5 Å². The number of aryl methyl sites for hydroxylation is 4. The molecular weight excluding hydrogens is 534 g/mol. The number of ether oxygens (including phenoxy) is 2. The van der Waals surface area contributed by atoms with Crippen LogP contribution in [-0.2, 0) is 31.9 Å². The fraction of sp³-hybridized carbons (Fsp3) is 0.368. The average Bonchev–Trinajstić information content (AvgIpc) is 3.00. The van der Waals surface area contributed by atoms with Gasteiger partial charge in [-0.15, -0.1) is 0 Å². The largest absolute Gasteiger partial charge is 0.463 e. The fourth-order valence-corrected chi connectivity index (χ4v) is 4.87. The molecule has 0 saturated carbocycles. The lowest BCUT2D eigenvalue weighted by molar-refractivity contribution is -0.138. The van der Waals surface area contributed by atoms with E-state index in [1.807, 2.05) is 13.8 Å². The molecule has 3 aromatic carbocycles. The Morgan fingerprint density at radius 3 is 1.44 bits per heavy atom. The van der Waals surface area contributed by atoms with Gasteiger partial charge in [0.15, 0.2) is 0 Å². The zero-order valence-electron chi connectivity index (χ0n) is 26.3. The third-order valence-corrected chi connectivity index (χ3v) is 7.45. The molecule has 0 aliphatic heterocycles. The van der Waals surface area contributed by atoms with Crippen molar-refractivity contribution in [3.05, 3.63) is 113 Å². The van der Waals surface area contributed by atoms with E-state index >= 15 is 0 Å². The van der Waals surface area contributed by atoms with E-state index in [4.69, 9.17) is 9.47 Å². The molecule has 0 fully saturated rings. The van der Waals surface area contributed by atoms with Crippen LogP contribution in [0.15, 0.2) is 91.0 Å². The molecule has 0 amide bonds. The molecule has 0 aromatic heterocycles. The zero-order chi connectivity index (χ0) is 30.9. The van der Waals surface area contributed by atoms with E-state index in [0.717, 1.165) is 68.4 Å². The summed E-state index contributed by atoms with van der Waals surface area (Å²) >= 11 is 0. The Morgan fingerprint density at radius 1 is 0.581 bits per heavy atom. The molecule has 3 aromatic rings. The van der Waals surface area contributed by atoms with Crippen LogP contribution in [0.25, 0.3) is 0 Å². The Bertz CT molecular complexity index is 1260. The summed E-state index contributed by atoms with van der Waals surface area (Å²) < 4.78 is 10.4. The van der Waals surface area contributed by atoms with Crippen molar-refractivity contribution in [1.29, 1.82) is 0 Å². The summed E-state index contributed by atoms with van der Waals surface area (Å²) in [6, 6.07) is 24.4. The first-order valence-corrected chi connectivity index (χ1v) is 15.6. The van der Waals surface area contributed by atoms with Crippen LogP contribution in [0.4, 0.5) is 17.1 Å². The minimum atomic E-state index is -0.266. The van der Waals surface area contributed by atoms with Crippen LogP contribution in [0.5, 0.6) is 0 Å². The summed E-state index contributed by atoms with van der Waals surface area (Å²) in [6.07, 6.45) is 14.2. The van der Waals surface area contributed by atoms with Gasteiger partial charge in [0.25, 0.3) is 0 Å². The maximum Gasteiger partial charge on any atom is 0.330 e. The summed E-state index contributed by atoms with van der Waals surface area (Å²) in [4.78, 5) is 25.2. The van der Waals surface area contributed by atoms with E-state index in [0.29, 0.717) is 13.2 Å². The fourth-order valence-electron chi connectivity index (χ4n) is 4.87. The predicted molar refractivity (Wildman–Crippen MR) is 177 cm³/mol. The van der Waals surface area contributed by atoms with Crippen molar-refractivity contribution in [2.75, 3.05) is 18.1 Å². The van der Waals surface area contributed by atoms with Crippen molar-refractivity contribution in [1.82, 2.24) is 0 Å². The van der Waals surface area contributed by atoms with Gasteiger partial charge in [-0.3, -0.25) is 0 Å². The molecule has 0 N–H and O–H groups in total. The average molecular weight is 582 g/mol. The minimum Gasteiger partial charge on any atom is -0.463 e. The standard InChI is InChI=1S/C38H47NO4/c1-5-13-37(40)42-27-11-7-9-15-32-18-23-34(24-19-32)39(36-22-17-30(3)31(4)29-36)35-25-20-33(21-26-35)16-10-8-12-28-43-38(41)14-6-2/h5-6,13-14,17-26,29H,7-12,15-16,27-28H2,1-4H3/b13-5+,14-6+. The first-order chi connectivity index (χ1) is 20.9. The zero-order valence-corrected chi connectivity index (χ0v) is 26.3. The van der Waals surface area contributed by atoms with Gasteiger partial charge in [-0.25, -0.2) is 9.59 Å². The topological polar surface area (TPSA) is 55.8 Å². The van der Waals surface area contributed by atoms with Gasteiger partial charge in [0, 0.05) is 29.2 Å². The number of anilines is 3. The van der Waals surface area contributed by atoms with Crippen LogP contribution < -0.4 is 4.90 Å². The molecule has 0 aliphatic rings. The van der Waals surface area contributed by atoms with Crippen molar-refractivity contribution >= 4 is 29.0 Å². The van der Waals surface area contributed by atoms with Crippen LogP contribution in [0, 0.1) is 13.8 Å². The van der Waals surface area contributed by atoms with Gasteiger partial charge in [-0.1, -0.05) is 42.5 Å². The maximum absolute atomic E-state index is 11.4. The molecule has 5 nitrogen and oxygen atoms in total. The summed E-state index contributed by atoms with van der Waals surface area (Å²) in [7, 11) is 0. The second kappa shape index (κ2) is 18.4. The van der Waals surface area contributed by atoms with E-state index < -0.39 is 0 Å². The Hall–Kier alpha value is -4.12. The number of carbonyl (C=O) groups is 2. The van der Waals surface area contributed by atoms with Crippen LogP contribution >= 0.6 is 0 Å². The number of esters is 2. The second-order valence-corrected chi connectivity index (χ2v) is 10.9. The molecule has 0 spiro atoms. The molecule has 228 valence electrons. The monoisotopic (exact) mass is 581 g/mol. The smallest absolute Gasteiger partial charge is 0.330 e. The maximum atomic E-state index is 11.4. The lowest BCUT2D eigenvalue weighted by atomic mass is 10.0. The van der Waals surface area contributed by atoms with Crippen molar-refractivity contribution in [3.8, 4) is 0 Å². The van der Waals surface area contributed by atoms with E-state index in [1.165, 1.54) is 34.4 Å². The number of nitrogens with zero attached hydrogens (tertiary/aromatic N) is 1. The van der Waals surface area contributed by atoms with Crippen molar-refractivity contribution < 1.29 is 19.1 Å². The number of unbranched alkanes of at least 4 members (excludes halogenated alkanes) is 4. The molecule has 5 heteroatoms. The Morgan fingerprint density at radius 2 is 1.02 bits per heavy atom. The molecule has 0 heterocycles. The number of carbonyl (C=O) groups excluding carboxylic acids is 2. The van der Waals surface area contributed by atoms with Gasteiger partial charge in [0.05, 0.1) is 13.2 Å². The van der Waals surface area contributed by atoms with E-state index in [1.54, 1.807) is 12.2 Å².